The minimum atomic E-state index is 0.602. The van der Waals surface area contributed by atoms with Crippen LogP contribution in [0.2, 0.25) is 0 Å². The van der Waals surface area contributed by atoms with Crippen LogP contribution in [-0.4, -0.2) is 45.7 Å². The first kappa shape index (κ1) is 27.2. The standard InChI is InChI=1S/C21H25N5S.C2H6.CH2O.CH5P/c1-3-4-15-9-16(10-17-11-25(2)24-20(15)17)19-13-26-12-18(23-21(26)27-19)14-5-7-22-8-6-14;3*1-2/h9-14,22H,3-8H2,1-2H3;1-2H3;1H2;2H2,1H3. The van der Waals surface area contributed by atoms with Gasteiger partial charge in [0.05, 0.1) is 16.1 Å². The van der Waals surface area contributed by atoms with Crippen molar-refractivity contribution in [1.29, 1.82) is 0 Å². The third-order valence-electron chi connectivity index (χ3n) is 5.54. The maximum atomic E-state index is 8.00. The Hall–Kier alpha value is -2.08. The van der Waals surface area contributed by atoms with Crippen molar-refractivity contribution in [3.63, 3.8) is 0 Å². The van der Waals surface area contributed by atoms with Crippen molar-refractivity contribution in [2.24, 2.45) is 7.05 Å². The molecule has 6 nitrogen and oxygen atoms in total. The monoisotopic (exact) mass is 487 g/mol. The lowest BCUT2D eigenvalue weighted by Crippen LogP contribution is -2.26. The molecule has 1 saturated heterocycles. The summed E-state index contributed by atoms with van der Waals surface area (Å²) in [6.07, 6.45) is 11.2. The topological polar surface area (TPSA) is 64.2 Å². The summed E-state index contributed by atoms with van der Waals surface area (Å²) in [5.41, 5.74) is 5.01. The van der Waals surface area contributed by atoms with Crippen molar-refractivity contribution in [3.05, 3.63) is 42.0 Å². The Kier molecular flexibility index (Phi) is 11.2. The van der Waals surface area contributed by atoms with Crippen LogP contribution in [-0.2, 0) is 18.3 Å². The van der Waals surface area contributed by atoms with Crippen LogP contribution >= 0.6 is 20.6 Å². The number of carbonyl (C=O) groups excluding carboxylic acids is 1. The van der Waals surface area contributed by atoms with Crippen LogP contribution in [0.3, 0.4) is 0 Å². The molecule has 4 heterocycles. The van der Waals surface area contributed by atoms with Gasteiger partial charge in [-0.2, -0.15) is 5.10 Å². The zero-order valence-electron chi connectivity index (χ0n) is 20.6. The summed E-state index contributed by atoms with van der Waals surface area (Å²) in [4.78, 5) is 15.3. The smallest absolute Gasteiger partial charge is 0.194 e. The van der Waals surface area contributed by atoms with Crippen LogP contribution < -0.4 is 5.32 Å². The van der Waals surface area contributed by atoms with Crippen molar-refractivity contribution < 1.29 is 4.79 Å². The molecule has 0 saturated carbocycles. The maximum absolute atomic E-state index is 8.00. The second-order valence-corrected chi connectivity index (χ2v) is 8.61. The van der Waals surface area contributed by atoms with Crippen LogP contribution in [0.15, 0.2) is 30.7 Å². The quantitative estimate of drug-likeness (QED) is 0.375. The fourth-order valence-electron chi connectivity index (χ4n) is 4.19. The van der Waals surface area contributed by atoms with Gasteiger partial charge in [-0.05, 0) is 55.6 Å². The highest BCUT2D eigenvalue weighted by Gasteiger charge is 2.19. The van der Waals surface area contributed by atoms with Crippen LogP contribution in [0.1, 0.15) is 57.2 Å². The fraction of sp³-hybridized carbons (Fsp3) is 0.480. The molecule has 8 heteroatoms. The van der Waals surface area contributed by atoms with Gasteiger partial charge in [0.15, 0.2) is 4.96 Å². The number of nitrogens with one attached hydrogen (secondary N) is 1. The molecule has 1 unspecified atom stereocenters. The highest BCUT2D eigenvalue weighted by atomic mass is 32.1. The van der Waals surface area contributed by atoms with Gasteiger partial charge in [0.25, 0.3) is 0 Å². The summed E-state index contributed by atoms with van der Waals surface area (Å²) in [7, 11) is 4.41. The molecule has 5 rings (SSSR count). The number of aryl methyl sites for hydroxylation is 2. The van der Waals surface area contributed by atoms with E-state index in [0.29, 0.717) is 5.92 Å². The van der Waals surface area contributed by atoms with Crippen LogP contribution in [0.5, 0.6) is 0 Å². The predicted octanol–water partition coefficient (Wildman–Crippen LogP) is 5.70. The van der Waals surface area contributed by atoms with Crippen molar-refractivity contribution in [3.8, 4) is 10.4 Å². The lowest BCUT2D eigenvalue weighted by Gasteiger charge is -2.20. The molecule has 0 bridgehead atoms. The first-order chi connectivity index (χ1) is 16.2. The summed E-state index contributed by atoms with van der Waals surface area (Å²) in [5, 5.41) is 9.32. The van der Waals surface area contributed by atoms with E-state index in [1.807, 2.05) is 39.0 Å². The zero-order chi connectivity index (χ0) is 24.4. The van der Waals surface area contributed by atoms with Gasteiger partial charge in [0, 0.05) is 36.9 Å². The van der Waals surface area contributed by atoms with E-state index in [4.69, 9.17) is 9.78 Å². The van der Waals surface area contributed by atoms with Gasteiger partial charge in [0.2, 0.25) is 0 Å². The highest BCUT2D eigenvalue weighted by Crippen LogP contribution is 2.34. The minimum Gasteiger partial charge on any atom is -0.317 e. The molecule has 0 spiro atoms. The molecule has 1 fully saturated rings. The minimum absolute atomic E-state index is 0.602. The molecular weight excluding hydrogens is 449 g/mol. The second-order valence-electron chi connectivity index (χ2n) is 7.60. The molecule has 1 N–H and O–H groups in total. The van der Waals surface area contributed by atoms with E-state index in [1.165, 1.54) is 39.9 Å². The molecule has 1 atom stereocenters. The van der Waals surface area contributed by atoms with Gasteiger partial charge < -0.3 is 10.1 Å². The van der Waals surface area contributed by atoms with Gasteiger partial charge >= 0.3 is 0 Å². The summed E-state index contributed by atoms with van der Waals surface area (Å²) in [6.45, 7) is 12.3. The maximum Gasteiger partial charge on any atom is 0.194 e. The Balaban J connectivity index is 0.000000597. The van der Waals surface area contributed by atoms with E-state index < -0.39 is 0 Å². The fourth-order valence-corrected chi connectivity index (χ4v) is 5.15. The number of carbonyl (C=O) groups is 1. The lowest BCUT2D eigenvalue weighted by atomic mass is 9.95. The van der Waals surface area contributed by atoms with Crippen molar-refractivity contribution in [2.75, 3.05) is 19.8 Å². The summed E-state index contributed by atoms with van der Waals surface area (Å²) < 4.78 is 4.13. The molecule has 0 amide bonds. The summed E-state index contributed by atoms with van der Waals surface area (Å²) in [6, 6.07) is 4.58. The molecule has 3 aromatic heterocycles. The molecule has 0 aliphatic carbocycles. The van der Waals surface area contributed by atoms with E-state index in [9.17, 15) is 0 Å². The number of thiazole rings is 1. The Morgan fingerprint density at radius 3 is 2.48 bits per heavy atom. The number of benzene rings is 1. The molecule has 180 valence electrons. The number of hydrogen-bond donors (Lipinski definition) is 1. The zero-order valence-corrected chi connectivity index (χ0v) is 22.6. The molecule has 1 aliphatic rings. The molecule has 0 radical (unpaired) electrons. The van der Waals surface area contributed by atoms with Crippen molar-refractivity contribution in [2.45, 2.75) is 52.4 Å². The number of nitrogens with zero attached hydrogens (tertiary/aromatic N) is 4. The molecule has 1 aliphatic heterocycles. The number of imidazole rings is 1. The van der Waals surface area contributed by atoms with Gasteiger partial charge in [-0.25, -0.2) is 4.98 Å². The number of hydrogen-bond acceptors (Lipinski definition) is 5. The Bertz CT molecular complexity index is 1100. The Labute approximate surface area is 204 Å². The second kappa shape index (κ2) is 13.6. The van der Waals surface area contributed by atoms with Crippen molar-refractivity contribution in [1.82, 2.24) is 24.5 Å². The Morgan fingerprint density at radius 1 is 1.15 bits per heavy atom. The van der Waals surface area contributed by atoms with E-state index in [0.717, 1.165) is 36.4 Å². The van der Waals surface area contributed by atoms with Gasteiger partial charge in [0.1, 0.15) is 6.79 Å². The molecular formula is C25H38N5OPS. The summed E-state index contributed by atoms with van der Waals surface area (Å²) >= 11 is 1.79. The van der Waals surface area contributed by atoms with Crippen molar-refractivity contribution >= 4 is 43.2 Å². The summed E-state index contributed by atoms with van der Waals surface area (Å²) in [5.74, 6) is 0.602. The van der Waals surface area contributed by atoms with Crippen LogP contribution in [0, 0.1) is 0 Å². The average molecular weight is 488 g/mol. The number of aromatic nitrogens is 4. The van der Waals surface area contributed by atoms with E-state index in [-0.39, 0.29) is 0 Å². The number of rotatable bonds is 4. The number of fused-ring (bicyclic) bond motifs is 2. The third kappa shape index (κ3) is 6.28. The normalized spacial score (nSPS) is 13.5. The molecule has 33 heavy (non-hydrogen) atoms. The predicted molar refractivity (Wildman–Crippen MR) is 146 cm³/mol. The largest absolute Gasteiger partial charge is 0.317 e. The molecule has 4 aromatic rings. The Morgan fingerprint density at radius 2 is 1.85 bits per heavy atom. The molecule has 1 aromatic carbocycles. The first-order valence-corrected chi connectivity index (χ1v) is 13.7. The third-order valence-corrected chi connectivity index (χ3v) is 6.58. The van der Waals surface area contributed by atoms with E-state index in [1.54, 1.807) is 11.3 Å². The highest BCUT2D eigenvalue weighted by molar-refractivity contribution is 7.20. The van der Waals surface area contributed by atoms with E-state index >= 15 is 0 Å². The van der Waals surface area contributed by atoms with Crippen LogP contribution in [0.4, 0.5) is 0 Å². The average Bonchev–Trinajstić information content (AvgIpc) is 3.56. The SMILES string of the molecule is C=O.CC.CCCc1cc(-c2cn3cc(C4CCNCC4)nc3s2)cc2cn(C)nc12.CP. The first-order valence-electron chi connectivity index (χ1n) is 11.7. The van der Waals surface area contributed by atoms with Gasteiger partial charge in [-0.15, -0.1) is 9.24 Å². The van der Waals surface area contributed by atoms with E-state index in [2.05, 4.69) is 61.7 Å². The van der Waals surface area contributed by atoms with Gasteiger partial charge in [-0.3, -0.25) is 9.08 Å². The van der Waals surface area contributed by atoms with Gasteiger partial charge in [-0.1, -0.05) is 45.2 Å². The number of piperidine rings is 1. The van der Waals surface area contributed by atoms with Crippen LogP contribution in [0.25, 0.3) is 26.3 Å². The lowest BCUT2D eigenvalue weighted by molar-refractivity contribution is -0.0979.